The van der Waals surface area contributed by atoms with Gasteiger partial charge in [0, 0.05) is 6.07 Å². The summed E-state index contributed by atoms with van der Waals surface area (Å²) in [6, 6.07) is 1.72. The van der Waals surface area contributed by atoms with E-state index in [0.717, 1.165) is 6.07 Å². The van der Waals surface area contributed by atoms with E-state index in [9.17, 15) is 13.6 Å². The fraction of sp³-hybridized carbons (Fsp3) is 0.364. The Morgan fingerprint density at radius 3 is 2.50 bits per heavy atom. The smallest absolute Gasteiger partial charge is 0.309 e. The minimum atomic E-state index is -1.12. The molecule has 0 atom stereocenters. The average Bonchev–Trinajstić information content (AvgIpc) is 2.12. The van der Waals surface area contributed by atoms with E-state index in [4.69, 9.17) is 16.7 Å². The molecule has 0 fully saturated rings. The molecule has 0 radical (unpaired) electrons. The van der Waals surface area contributed by atoms with E-state index in [1.54, 1.807) is 0 Å². The summed E-state index contributed by atoms with van der Waals surface area (Å²) in [7, 11) is 0. The molecule has 0 aliphatic rings. The molecule has 0 spiro atoms. The molecule has 0 aliphatic heterocycles. The lowest BCUT2D eigenvalue weighted by molar-refractivity contribution is -0.146. The molecule has 1 aromatic rings. The summed E-state index contributed by atoms with van der Waals surface area (Å²) in [5, 5.41) is 8.68. The SMILES string of the molecule is CC(C)(Cc1cc(F)cc(F)c1Cl)C(=O)O. The van der Waals surface area contributed by atoms with Crippen molar-refractivity contribution < 1.29 is 18.7 Å². The highest BCUT2D eigenvalue weighted by Crippen LogP contribution is 2.29. The fourth-order valence-corrected chi connectivity index (χ4v) is 1.47. The van der Waals surface area contributed by atoms with Crippen molar-refractivity contribution in [1.29, 1.82) is 0 Å². The van der Waals surface area contributed by atoms with Gasteiger partial charge in [0.15, 0.2) is 0 Å². The van der Waals surface area contributed by atoms with Gasteiger partial charge in [0.05, 0.1) is 10.4 Å². The molecular weight excluding hydrogens is 238 g/mol. The van der Waals surface area contributed by atoms with Crippen molar-refractivity contribution in [2.75, 3.05) is 0 Å². The second-order valence-electron chi connectivity index (χ2n) is 4.23. The maximum Gasteiger partial charge on any atom is 0.309 e. The third-order valence-electron chi connectivity index (χ3n) is 2.28. The van der Waals surface area contributed by atoms with Gasteiger partial charge < -0.3 is 5.11 Å². The van der Waals surface area contributed by atoms with Crippen molar-refractivity contribution in [2.24, 2.45) is 5.41 Å². The Morgan fingerprint density at radius 1 is 1.44 bits per heavy atom. The highest BCUT2D eigenvalue weighted by molar-refractivity contribution is 6.31. The maximum absolute atomic E-state index is 13.1. The van der Waals surface area contributed by atoms with Crippen molar-refractivity contribution in [3.05, 3.63) is 34.4 Å². The van der Waals surface area contributed by atoms with Crippen LogP contribution in [-0.4, -0.2) is 11.1 Å². The molecule has 0 saturated carbocycles. The molecule has 0 aliphatic carbocycles. The average molecular weight is 249 g/mol. The van der Waals surface area contributed by atoms with Gasteiger partial charge in [-0.1, -0.05) is 11.6 Å². The highest BCUT2D eigenvalue weighted by Gasteiger charge is 2.29. The maximum atomic E-state index is 13.1. The van der Waals surface area contributed by atoms with Crippen molar-refractivity contribution in [3.8, 4) is 0 Å². The lowest BCUT2D eigenvalue weighted by atomic mass is 9.86. The van der Waals surface area contributed by atoms with E-state index in [1.807, 2.05) is 0 Å². The van der Waals surface area contributed by atoms with Gasteiger partial charge in [-0.2, -0.15) is 0 Å². The first-order valence-corrected chi connectivity index (χ1v) is 4.98. The molecular formula is C11H11ClF2O2. The van der Waals surface area contributed by atoms with Gasteiger partial charge in [-0.05, 0) is 31.9 Å². The number of carbonyl (C=O) groups is 1. The van der Waals surface area contributed by atoms with Crippen LogP contribution in [-0.2, 0) is 11.2 Å². The second-order valence-corrected chi connectivity index (χ2v) is 4.60. The lowest BCUT2D eigenvalue weighted by Crippen LogP contribution is -2.26. The summed E-state index contributed by atoms with van der Waals surface area (Å²) in [6.07, 6.45) is -0.0319. The normalized spacial score (nSPS) is 11.6. The van der Waals surface area contributed by atoms with Crippen LogP contribution in [0.5, 0.6) is 0 Å². The minimum absolute atomic E-state index is 0.0319. The van der Waals surface area contributed by atoms with E-state index in [0.29, 0.717) is 6.07 Å². The van der Waals surface area contributed by atoms with Crippen molar-refractivity contribution >= 4 is 17.6 Å². The number of aliphatic carboxylic acids is 1. The summed E-state index contributed by atoms with van der Waals surface area (Å²) in [5.74, 6) is -2.69. The van der Waals surface area contributed by atoms with E-state index in [-0.39, 0.29) is 17.0 Å². The zero-order chi connectivity index (χ0) is 12.5. The summed E-state index contributed by atoms with van der Waals surface area (Å²) in [5.41, 5.74) is -0.962. The van der Waals surface area contributed by atoms with Gasteiger partial charge in [0.25, 0.3) is 0 Å². The number of hydrogen-bond donors (Lipinski definition) is 1. The van der Waals surface area contributed by atoms with Gasteiger partial charge in [-0.25, -0.2) is 8.78 Å². The van der Waals surface area contributed by atoms with Gasteiger partial charge in [-0.15, -0.1) is 0 Å². The molecule has 0 heterocycles. The third kappa shape index (κ3) is 2.70. The Morgan fingerprint density at radius 2 is 2.00 bits per heavy atom. The van der Waals surface area contributed by atoms with E-state index < -0.39 is 23.0 Å². The van der Waals surface area contributed by atoms with Crippen LogP contribution in [0.25, 0.3) is 0 Å². The van der Waals surface area contributed by atoms with Crippen LogP contribution in [0.3, 0.4) is 0 Å². The van der Waals surface area contributed by atoms with Crippen molar-refractivity contribution in [1.82, 2.24) is 0 Å². The third-order valence-corrected chi connectivity index (χ3v) is 2.70. The Hall–Kier alpha value is -1.16. The fourth-order valence-electron chi connectivity index (χ4n) is 1.29. The topological polar surface area (TPSA) is 37.3 Å². The van der Waals surface area contributed by atoms with Crippen LogP contribution in [0, 0.1) is 17.0 Å². The van der Waals surface area contributed by atoms with E-state index in [1.165, 1.54) is 13.8 Å². The van der Waals surface area contributed by atoms with Gasteiger partial charge in [-0.3, -0.25) is 4.79 Å². The molecule has 16 heavy (non-hydrogen) atoms. The molecule has 0 unspecified atom stereocenters. The molecule has 0 bridgehead atoms. The Labute approximate surface area is 96.8 Å². The second kappa shape index (κ2) is 4.37. The standard InChI is InChI=1S/C11H11ClF2O2/c1-11(2,10(15)16)5-6-3-7(13)4-8(14)9(6)12/h3-4H,5H2,1-2H3,(H,15,16). The minimum Gasteiger partial charge on any atom is -0.481 e. The first kappa shape index (κ1) is 12.9. The first-order valence-electron chi connectivity index (χ1n) is 4.61. The number of hydrogen-bond acceptors (Lipinski definition) is 1. The number of carboxylic acids is 1. The molecule has 1 aromatic carbocycles. The molecule has 1 rings (SSSR count). The quantitative estimate of drug-likeness (QED) is 0.834. The zero-order valence-electron chi connectivity index (χ0n) is 8.85. The zero-order valence-corrected chi connectivity index (χ0v) is 9.61. The summed E-state index contributed by atoms with van der Waals surface area (Å²) in [4.78, 5) is 10.9. The van der Waals surface area contributed by atoms with Gasteiger partial charge in [0.1, 0.15) is 11.6 Å². The summed E-state index contributed by atoms with van der Waals surface area (Å²) < 4.78 is 26.0. The lowest BCUT2D eigenvalue weighted by Gasteiger charge is -2.19. The predicted molar refractivity (Wildman–Crippen MR) is 56.5 cm³/mol. The van der Waals surface area contributed by atoms with Crippen LogP contribution in [0.15, 0.2) is 12.1 Å². The number of rotatable bonds is 3. The molecule has 2 nitrogen and oxygen atoms in total. The molecule has 88 valence electrons. The monoisotopic (exact) mass is 248 g/mol. The Balaban J connectivity index is 3.11. The molecule has 0 saturated heterocycles. The van der Waals surface area contributed by atoms with Crippen molar-refractivity contribution in [2.45, 2.75) is 20.3 Å². The first-order chi connectivity index (χ1) is 7.24. The molecule has 1 N–H and O–H groups in total. The molecule has 0 amide bonds. The van der Waals surface area contributed by atoms with E-state index in [2.05, 4.69) is 0 Å². The Bertz CT molecular complexity index is 430. The largest absolute Gasteiger partial charge is 0.481 e. The summed E-state index contributed by atoms with van der Waals surface area (Å²) in [6.45, 7) is 2.93. The summed E-state index contributed by atoms with van der Waals surface area (Å²) >= 11 is 5.64. The van der Waals surface area contributed by atoms with Crippen molar-refractivity contribution in [3.63, 3.8) is 0 Å². The molecule has 5 heteroatoms. The number of benzene rings is 1. The van der Waals surface area contributed by atoms with Crippen LogP contribution < -0.4 is 0 Å². The Kier molecular flexibility index (Phi) is 3.53. The van der Waals surface area contributed by atoms with Crippen LogP contribution in [0.1, 0.15) is 19.4 Å². The van der Waals surface area contributed by atoms with Gasteiger partial charge >= 0.3 is 5.97 Å². The van der Waals surface area contributed by atoms with Gasteiger partial charge in [0.2, 0.25) is 0 Å². The van der Waals surface area contributed by atoms with Crippen LogP contribution in [0.2, 0.25) is 5.02 Å². The van der Waals surface area contributed by atoms with E-state index >= 15 is 0 Å². The van der Waals surface area contributed by atoms with Crippen LogP contribution in [0.4, 0.5) is 8.78 Å². The van der Waals surface area contributed by atoms with Crippen LogP contribution >= 0.6 is 11.6 Å². The number of carboxylic acid groups (broad SMARTS) is 1. The molecule has 0 aromatic heterocycles. The predicted octanol–water partition coefficient (Wildman–Crippen LogP) is 3.27. The highest BCUT2D eigenvalue weighted by atomic mass is 35.5. The number of halogens is 3.